The molecule has 0 aliphatic carbocycles. The van der Waals surface area contributed by atoms with Gasteiger partial charge in [-0.1, -0.05) is 38.3 Å². The van der Waals surface area contributed by atoms with Crippen LogP contribution >= 0.6 is 11.6 Å². The standard InChI is InChI=1S/C13H19ClN2O2/c1-3-5-10(6-4-2)15-11-7-8-12(14)13(9-11)16(17)18/h7-10,15H,3-6H2,1-2H3. The van der Waals surface area contributed by atoms with Crippen LogP contribution in [-0.4, -0.2) is 11.0 Å². The first-order valence-electron chi connectivity index (χ1n) is 6.29. The Hall–Kier alpha value is -1.29. The van der Waals surface area contributed by atoms with Gasteiger partial charge in [0, 0.05) is 17.8 Å². The second-order valence-electron chi connectivity index (χ2n) is 4.34. The second kappa shape index (κ2) is 7.21. The van der Waals surface area contributed by atoms with Crippen molar-refractivity contribution in [3.05, 3.63) is 33.3 Å². The van der Waals surface area contributed by atoms with Gasteiger partial charge in [0.15, 0.2) is 0 Å². The van der Waals surface area contributed by atoms with Crippen LogP contribution in [0.2, 0.25) is 5.02 Å². The molecule has 18 heavy (non-hydrogen) atoms. The molecule has 0 aromatic heterocycles. The molecule has 100 valence electrons. The van der Waals surface area contributed by atoms with Gasteiger partial charge in [0.05, 0.1) is 4.92 Å². The van der Waals surface area contributed by atoms with Gasteiger partial charge in [0.1, 0.15) is 5.02 Å². The van der Waals surface area contributed by atoms with Crippen LogP contribution in [-0.2, 0) is 0 Å². The smallest absolute Gasteiger partial charge is 0.289 e. The lowest BCUT2D eigenvalue weighted by atomic mass is 10.1. The molecule has 4 nitrogen and oxygen atoms in total. The number of hydrogen-bond donors (Lipinski definition) is 1. The van der Waals surface area contributed by atoms with Crippen LogP contribution in [0.1, 0.15) is 39.5 Å². The molecule has 0 aliphatic heterocycles. The minimum absolute atomic E-state index is 0.0478. The predicted octanol–water partition coefficient (Wildman–Crippen LogP) is 4.63. The molecule has 0 heterocycles. The van der Waals surface area contributed by atoms with E-state index in [1.807, 2.05) is 0 Å². The molecule has 0 atom stereocenters. The number of halogens is 1. The molecular formula is C13H19ClN2O2. The molecule has 0 saturated heterocycles. The first kappa shape index (κ1) is 14.8. The lowest BCUT2D eigenvalue weighted by Crippen LogP contribution is -2.18. The number of benzene rings is 1. The van der Waals surface area contributed by atoms with Crippen molar-refractivity contribution >= 4 is 23.0 Å². The van der Waals surface area contributed by atoms with E-state index in [2.05, 4.69) is 19.2 Å². The van der Waals surface area contributed by atoms with E-state index in [4.69, 9.17) is 11.6 Å². The van der Waals surface area contributed by atoms with Gasteiger partial charge in [-0.15, -0.1) is 0 Å². The summed E-state index contributed by atoms with van der Waals surface area (Å²) in [6.07, 6.45) is 4.30. The third-order valence-corrected chi connectivity index (χ3v) is 3.11. The van der Waals surface area contributed by atoms with Crippen LogP contribution in [0.15, 0.2) is 18.2 Å². The van der Waals surface area contributed by atoms with E-state index in [1.54, 1.807) is 12.1 Å². The zero-order valence-electron chi connectivity index (χ0n) is 10.8. The van der Waals surface area contributed by atoms with Gasteiger partial charge in [-0.3, -0.25) is 10.1 Å². The number of hydrogen-bond acceptors (Lipinski definition) is 3. The minimum Gasteiger partial charge on any atom is -0.382 e. The van der Waals surface area contributed by atoms with E-state index in [1.165, 1.54) is 6.07 Å². The Balaban J connectivity index is 2.82. The molecule has 1 aromatic rings. The maximum Gasteiger partial charge on any atom is 0.289 e. The Morgan fingerprint density at radius 1 is 1.33 bits per heavy atom. The van der Waals surface area contributed by atoms with E-state index < -0.39 is 4.92 Å². The Kier molecular flexibility index (Phi) is 5.92. The van der Waals surface area contributed by atoms with Crippen molar-refractivity contribution < 1.29 is 4.92 Å². The van der Waals surface area contributed by atoms with Crippen LogP contribution in [0, 0.1) is 10.1 Å². The highest BCUT2D eigenvalue weighted by molar-refractivity contribution is 6.32. The average molecular weight is 271 g/mol. The number of nitro benzene ring substituents is 1. The molecule has 5 heteroatoms. The van der Waals surface area contributed by atoms with Crippen LogP contribution in [0.3, 0.4) is 0 Å². The fourth-order valence-electron chi connectivity index (χ4n) is 1.96. The zero-order chi connectivity index (χ0) is 13.5. The SMILES string of the molecule is CCCC(CCC)Nc1ccc(Cl)c([N+](=O)[O-])c1. The summed E-state index contributed by atoms with van der Waals surface area (Å²) >= 11 is 5.78. The molecule has 1 aromatic carbocycles. The first-order valence-corrected chi connectivity index (χ1v) is 6.66. The number of nitro groups is 1. The minimum atomic E-state index is -0.456. The second-order valence-corrected chi connectivity index (χ2v) is 4.75. The highest BCUT2D eigenvalue weighted by Crippen LogP contribution is 2.28. The summed E-state index contributed by atoms with van der Waals surface area (Å²) in [4.78, 5) is 10.3. The summed E-state index contributed by atoms with van der Waals surface area (Å²) in [5, 5.41) is 14.3. The summed E-state index contributed by atoms with van der Waals surface area (Å²) in [6.45, 7) is 4.27. The Morgan fingerprint density at radius 2 is 1.94 bits per heavy atom. The Labute approximate surface area is 112 Å². The summed E-state index contributed by atoms with van der Waals surface area (Å²) in [5.41, 5.74) is 0.714. The quantitative estimate of drug-likeness (QED) is 0.580. The summed E-state index contributed by atoms with van der Waals surface area (Å²) < 4.78 is 0. The van der Waals surface area contributed by atoms with E-state index in [0.29, 0.717) is 6.04 Å². The van der Waals surface area contributed by atoms with Crippen LogP contribution in [0.25, 0.3) is 0 Å². The molecule has 0 aliphatic rings. The van der Waals surface area contributed by atoms with Crippen molar-refractivity contribution in [2.45, 2.75) is 45.6 Å². The van der Waals surface area contributed by atoms with Gasteiger partial charge in [-0.05, 0) is 25.0 Å². The fourth-order valence-corrected chi connectivity index (χ4v) is 2.15. The van der Waals surface area contributed by atoms with E-state index in [-0.39, 0.29) is 10.7 Å². The molecule has 0 fully saturated rings. The normalized spacial score (nSPS) is 10.7. The van der Waals surface area contributed by atoms with Crippen molar-refractivity contribution in [2.24, 2.45) is 0 Å². The maximum atomic E-state index is 10.8. The topological polar surface area (TPSA) is 55.2 Å². The Morgan fingerprint density at radius 3 is 2.44 bits per heavy atom. The van der Waals surface area contributed by atoms with Crippen molar-refractivity contribution in [3.63, 3.8) is 0 Å². The number of nitrogens with zero attached hydrogens (tertiary/aromatic N) is 1. The van der Waals surface area contributed by atoms with E-state index in [9.17, 15) is 10.1 Å². The van der Waals surface area contributed by atoms with Crippen LogP contribution in [0.5, 0.6) is 0 Å². The van der Waals surface area contributed by atoms with Crippen molar-refractivity contribution in [3.8, 4) is 0 Å². The number of nitrogens with one attached hydrogen (secondary N) is 1. The van der Waals surface area contributed by atoms with Gasteiger partial charge >= 0.3 is 0 Å². The molecule has 1 N–H and O–H groups in total. The molecule has 1 rings (SSSR count). The fraction of sp³-hybridized carbons (Fsp3) is 0.538. The van der Waals surface area contributed by atoms with E-state index in [0.717, 1.165) is 31.4 Å². The largest absolute Gasteiger partial charge is 0.382 e. The maximum absolute atomic E-state index is 10.8. The lowest BCUT2D eigenvalue weighted by Gasteiger charge is -2.18. The van der Waals surface area contributed by atoms with Gasteiger partial charge in [0.2, 0.25) is 0 Å². The number of anilines is 1. The highest BCUT2D eigenvalue weighted by Gasteiger charge is 2.14. The molecule has 0 unspecified atom stereocenters. The third-order valence-electron chi connectivity index (χ3n) is 2.79. The van der Waals surface area contributed by atoms with Gasteiger partial charge < -0.3 is 5.32 Å². The predicted molar refractivity (Wildman–Crippen MR) is 75.3 cm³/mol. The zero-order valence-corrected chi connectivity index (χ0v) is 11.5. The Bertz CT molecular complexity index is 404. The summed E-state index contributed by atoms with van der Waals surface area (Å²) in [5.74, 6) is 0. The highest BCUT2D eigenvalue weighted by atomic mass is 35.5. The van der Waals surface area contributed by atoms with Crippen LogP contribution in [0.4, 0.5) is 11.4 Å². The molecular weight excluding hydrogens is 252 g/mol. The molecule has 0 radical (unpaired) electrons. The first-order chi connectivity index (χ1) is 8.58. The molecule has 0 spiro atoms. The van der Waals surface area contributed by atoms with E-state index >= 15 is 0 Å². The van der Waals surface area contributed by atoms with Crippen molar-refractivity contribution in [1.82, 2.24) is 0 Å². The average Bonchev–Trinajstić information content (AvgIpc) is 2.32. The van der Waals surface area contributed by atoms with Gasteiger partial charge in [0.25, 0.3) is 5.69 Å². The summed E-state index contributed by atoms with van der Waals surface area (Å²) in [6, 6.07) is 5.21. The number of rotatable bonds is 7. The molecule has 0 bridgehead atoms. The molecule has 0 amide bonds. The van der Waals surface area contributed by atoms with Gasteiger partial charge in [-0.25, -0.2) is 0 Å². The van der Waals surface area contributed by atoms with Crippen molar-refractivity contribution in [2.75, 3.05) is 5.32 Å². The third kappa shape index (κ3) is 4.18. The van der Waals surface area contributed by atoms with Gasteiger partial charge in [-0.2, -0.15) is 0 Å². The summed E-state index contributed by atoms with van der Waals surface area (Å²) in [7, 11) is 0. The molecule has 0 saturated carbocycles. The van der Waals surface area contributed by atoms with Crippen molar-refractivity contribution in [1.29, 1.82) is 0 Å². The monoisotopic (exact) mass is 270 g/mol. The van der Waals surface area contributed by atoms with Crippen LogP contribution < -0.4 is 5.32 Å². The lowest BCUT2D eigenvalue weighted by molar-refractivity contribution is -0.384.